The average Bonchev–Trinajstić information content (AvgIpc) is 2.46. The third-order valence-electron chi connectivity index (χ3n) is 3.25. The van der Waals surface area contributed by atoms with E-state index in [1.165, 1.54) is 5.56 Å². The Morgan fingerprint density at radius 1 is 1.30 bits per heavy atom. The molecule has 104 valence electrons. The maximum atomic E-state index is 12.2. The highest BCUT2D eigenvalue weighted by Gasteiger charge is 2.21. The van der Waals surface area contributed by atoms with Crippen LogP contribution in [-0.2, 0) is 11.2 Å². The molecule has 4 heteroatoms. The highest BCUT2D eigenvalue weighted by atomic mass is 35.5. The predicted molar refractivity (Wildman–Crippen MR) is 80.8 cm³/mol. The fraction of sp³-hybridized carbons (Fsp3) is 0.250. The second-order valence-electron chi connectivity index (χ2n) is 4.68. The Hall–Kier alpha value is -1.87. The molecule has 1 atom stereocenters. The van der Waals surface area contributed by atoms with Crippen LogP contribution in [0.2, 0.25) is 5.02 Å². The minimum atomic E-state index is -0.278. The molecule has 1 aromatic carbocycles. The number of halogens is 1. The van der Waals surface area contributed by atoms with Crippen molar-refractivity contribution in [2.75, 3.05) is 5.32 Å². The summed E-state index contributed by atoms with van der Waals surface area (Å²) < 4.78 is 1.89. The zero-order valence-electron chi connectivity index (χ0n) is 11.6. The van der Waals surface area contributed by atoms with E-state index in [1.807, 2.05) is 48.1 Å². The molecule has 0 spiro atoms. The number of amides is 1. The monoisotopic (exact) mass is 289 g/mol. The summed E-state index contributed by atoms with van der Waals surface area (Å²) in [5, 5.41) is 3.47. The fourth-order valence-electron chi connectivity index (χ4n) is 1.91. The van der Waals surface area contributed by atoms with Crippen LogP contribution in [0.4, 0.5) is 5.69 Å². The van der Waals surface area contributed by atoms with Crippen molar-refractivity contribution in [3.05, 3.63) is 59.4 Å². The summed E-state index contributed by atoms with van der Waals surface area (Å²) in [7, 11) is 0. The van der Waals surface area contributed by atoms with Gasteiger partial charge >= 0.3 is 0 Å². The lowest BCUT2D eigenvalue weighted by Crippen LogP contribution is -2.44. The number of nitrogens with one attached hydrogen (secondary N) is 1. The number of hydrogen-bond acceptors (Lipinski definition) is 1. The molecule has 0 aliphatic carbocycles. The number of anilines is 1. The molecule has 0 bridgehead atoms. The molecule has 2 rings (SSSR count). The zero-order valence-corrected chi connectivity index (χ0v) is 12.4. The van der Waals surface area contributed by atoms with Gasteiger partial charge in [0, 0.05) is 29.8 Å². The minimum absolute atomic E-state index is 0.0680. The molecule has 0 aliphatic rings. The highest BCUT2D eigenvalue weighted by Crippen LogP contribution is 2.15. The molecule has 0 fully saturated rings. The van der Waals surface area contributed by atoms with Crippen molar-refractivity contribution in [2.45, 2.75) is 26.3 Å². The number of hydrogen-bond donors (Lipinski definition) is 1. The first kappa shape index (κ1) is 14.5. The van der Waals surface area contributed by atoms with E-state index in [0.717, 1.165) is 6.42 Å². The lowest BCUT2D eigenvalue weighted by Gasteiger charge is -2.09. The van der Waals surface area contributed by atoms with Gasteiger partial charge in [0.05, 0.1) is 0 Å². The summed E-state index contributed by atoms with van der Waals surface area (Å²) in [6.07, 6.45) is 4.85. The van der Waals surface area contributed by atoms with E-state index in [1.54, 1.807) is 12.1 Å². The Morgan fingerprint density at radius 3 is 2.60 bits per heavy atom. The number of benzene rings is 1. The van der Waals surface area contributed by atoms with Crippen molar-refractivity contribution in [3.63, 3.8) is 0 Å². The highest BCUT2D eigenvalue weighted by molar-refractivity contribution is 6.30. The average molecular weight is 290 g/mol. The Kier molecular flexibility index (Phi) is 4.74. The molecular weight excluding hydrogens is 272 g/mol. The van der Waals surface area contributed by atoms with Crippen LogP contribution in [0.15, 0.2) is 48.8 Å². The van der Waals surface area contributed by atoms with Crippen LogP contribution in [0.5, 0.6) is 0 Å². The van der Waals surface area contributed by atoms with Gasteiger partial charge in [-0.25, -0.2) is 0 Å². The van der Waals surface area contributed by atoms with Crippen molar-refractivity contribution >= 4 is 23.2 Å². The van der Waals surface area contributed by atoms with Gasteiger partial charge in [-0.05, 0) is 30.2 Å². The van der Waals surface area contributed by atoms with E-state index in [2.05, 4.69) is 12.2 Å². The fourth-order valence-corrected chi connectivity index (χ4v) is 2.10. The van der Waals surface area contributed by atoms with Gasteiger partial charge < -0.3 is 5.32 Å². The van der Waals surface area contributed by atoms with E-state index >= 15 is 0 Å². The van der Waals surface area contributed by atoms with Gasteiger partial charge in [-0.2, -0.15) is 4.57 Å². The molecular formula is C16H18ClN2O+. The predicted octanol–water partition coefficient (Wildman–Crippen LogP) is 3.39. The topological polar surface area (TPSA) is 33.0 Å². The molecule has 0 radical (unpaired) electrons. The zero-order chi connectivity index (χ0) is 14.5. The molecule has 2 aromatic rings. The summed E-state index contributed by atoms with van der Waals surface area (Å²) in [5.74, 6) is -0.0680. The van der Waals surface area contributed by atoms with E-state index in [9.17, 15) is 4.79 Å². The van der Waals surface area contributed by atoms with Crippen LogP contribution < -0.4 is 9.88 Å². The molecule has 0 saturated heterocycles. The van der Waals surface area contributed by atoms with Crippen LogP contribution >= 0.6 is 11.6 Å². The number of carbonyl (C=O) groups excluding carboxylic acids is 1. The molecule has 3 nitrogen and oxygen atoms in total. The summed E-state index contributed by atoms with van der Waals surface area (Å²) >= 11 is 5.90. The number of rotatable bonds is 4. The maximum absolute atomic E-state index is 12.2. The number of aromatic nitrogens is 1. The van der Waals surface area contributed by atoms with Crippen LogP contribution in [0.1, 0.15) is 25.5 Å². The molecule has 1 heterocycles. The van der Waals surface area contributed by atoms with E-state index in [-0.39, 0.29) is 11.9 Å². The molecule has 0 saturated carbocycles. The minimum Gasteiger partial charge on any atom is -0.320 e. The van der Waals surface area contributed by atoms with Gasteiger partial charge in [0.25, 0.3) is 5.91 Å². The van der Waals surface area contributed by atoms with Gasteiger partial charge in [-0.15, -0.1) is 0 Å². The van der Waals surface area contributed by atoms with Gasteiger partial charge in [-0.3, -0.25) is 4.79 Å². The summed E-state index contributed by atoms with van der Waals surface area (Å²) in [5.41, 5.74) is 1.96. The number of aryl methyl sites for hydroxylation is 1. The van der Waals surface area contributed by atoms with Gasteiger partial charge in [0.1, 0.15) is 0 Å². The third kappa shape index (κ3) is 3.58. The van der Waals surface area contributed by atoms with Gasteiger partial charge in [0.15, 0.2) is 12.4 Å². The van der Waals surface area contributed by atoms with Crippen molar-refractivity contribution in [1.29, 1.82) is 0 Å². The van der Waals surface area contributed by atoms with E-state index in [0.29, 0.717) is 10.7 Å². The summed E-state index contributed by atoms with van der Waals surface area (Å²) in [6, 6.07) is 10.9. The SMILES string of the molecule is CCc1cc[n+]([C@H](C)C(=O)Nc2cccc(Cl)c2)cc1. The van der Waals surface area contributed by atoms with Gasteiger partial charge in [0.2, 0.25) is 6.04 Å². The molecule has 1 aromatic heterocycles. The second-order valence-corrected chi connectivity index (χ2v) is 5.12. The van der Waals surface area contributed by atoms with Crippen molar-refractivity contribution in [1.82, 2.24) is 0 Å². The summed E-state index contributed by atoms with van der Waals surface area (Å²) in [6.45, 7) is 3.97. The quantitative estimate of drug-likeness (QED) is 0.860. The Bertz CT molecular complexity index is 596. The van der Waals surface area contributed by atoms with E-state index in [4.69, 9.17) is 11.6 Å². The third-order valence-corrected chi connectivity index (χ3v) is 3.48. The van der Waals surface area contributed by atoms with Crippen molar-refractivity contribution in [3.8, 4) is 0 Å². The first-order valence-electron chi connectivity index (χ1n) is 6.66. The lowest BCUT2D eigenvalue weighted by molar-refractivity contribution is -0.705. The first-order chi connectivity index (χ1) is 9.60. The molecule has 0 aliphatic heterocycles. The number of carbonyl (C=O) groups is 1. The van der Waals surface area contributed by atoms with Crippen LogP contribution in [0.25, 0.3) is 0 Å². The van der Waals surface area contributed by atoms with Crippen molar-refractivity contribution < 1.29 is 9.36 Å². The van der Waals surface area contributed by atoms with Crippen LogP contribution in [-0.4, -0.2) is 5.91 Å². The lowest BCUT2D eigenvalue weighted by atomic mass is 10.2. The number of nitrogens with zero attached hydrogens (tertiary/aromatic N) is 1. The number of pyridine rings is 1. The smallest absolute Gasteiger partial charge is 0.293 e. The maximum Gasteiger partial charge on any atom is 0.293 e. The normalized spacial score (nSPS) is 11.9. The summed E-state index contributed by atoms with van der Waals surface area (Å²) in [4.78, 5) is 12.2. The standard InChI is InChI=1S/C16H17ClN2O/c1-3-13-7-9-19(10-8-13)12(2)16(20)18-15-6-4-5-14(17)11-15/h4-12H,3H2,1-2H3/p+1/t12-/m1/s1. The van der Waals surface area contributed by atoms with Crippen LogP contribution in [0, 0.1) is 0 Å². The second kappa shape index (κ2) is 6.53. The van der Waals surface area contributed by atoms with Gasteiger partial charge in [-0.1, -0.05) is 24.6 Å². The Labute approximate surface area is 124 Å². The Morgan fingerprint density at radius 2 is 2.00 bits per heavy atom. The first-order valence-corrected chi connectivity index (χ1v) is 7.04. The Balaban J connectivity index is 2.07. The van der Waals surface area contributed by atoms with Crippen molar-refractivity contribution in [2.24, 2.45) is 0 Å². The molecule has 1 amide bonds. The largest absolute Gasteiger partial charge is 0.320 e. The molecule has 0 unspecified atom stereocenters. The molecule has 20 heavy (non-hydrogen) atoms. The van der Waals surface area contributed by atoms with E-state index < -0.39 is 0 Å². The molecule has 1 N–H and O–H groups in total. The van der Waals surface area contributed by atoms with Crippen LogP contribution in [0.3, 0.4) is 0 Å².